The highest BCUT2D eigenvalue weighted by molar-refractivity contribution is 5.85. The van der Waals surface area contributed by atoms with Crippen molar-refractivity contribution in [2.45, 2.75) is 71.3 Å². The number of aliphatic carboxylic acids is 1. The second kappa shape index (κ2) is 5.30. The number of rotatable bonds is 1. The maximum atomic E-state index is 13.2. The number of hydrogen-bond donors (Lipinski definition) is 2. The Morgan fingerprint density at radius 2 is 1.83 bits per heavy atom. The van der Waals surface area contributed by atoms with E-state index in [1.165, 1.54) is 0 Å². The molecule has 4 nitrogen and oxygen atoms in total. The molecule has 0 heterocycles. The molecule has 8 atom stereocenters. The monoisotopic (exact) mass is 334 g/mol. The Bertz CT molecular complexity index is 572. The fraction of sp³-hybridized carbons (Fsp3) is 0.900. The first-order valence-electron chi connectivity index (χ1n) is 9.71. The summed E-state index contributed by atoms with van der Waals surface area (Å²) in [5.74, 6) is 0.526. The van der Waals surface area contributed by atoms with Gasteiger partial charge >= 0.3 is 5.97 Å². The normalized spacial score (nSPS) is 53.9. The number of aliphatic hydroxyl groups excluding tert-OH is 1. The van der Waals surface area contributed by atoms with Crippen molar-refractivity contribution >= 4 is 11.8 Å². The number of carboxylic acid groups (broad SMARTS) is 1. The summed E-state index contributed by atoms with van der Waals surface area (Å²) in [7, 11) is 0. The van der Waals surface area contributed by atoms with Crippen LogP contribution in [-0.2, 0) is 9.59 Å². The van der Waals surface area contributed by atoms with E-state index in [-0.39, 0.29) is 28.8 Å². The summed E-state index contributed by atoms with van der Waals surface area (Å²) in [5, 5.41) is 19.7. The first kappa shape index (κ1) is 16.6. The van der Waals surface area contributed by atoms with Crippen LogP contribution in [0.5, 0.6) is 0 Å². The first-order chi connectivity index (χ1) is 11.3. The fourth-order valence-corrected chi connectivity index (χ4v) is 7.46. The van der Waals surface area contributed by atoms with E-state index in [0.29, 0.717) is 30.0 Å². The average molecular weight is 334 g/mol. The summed E-state index contributed by atoms with van der Waals surface area (Å²) in [6, 6.07) is 0. The van der Waals surface area contributed by atoms with E-state index in [1.54, 1.807) is 0 Å². The van der Waals surface area contributed by atoms with Crippen molar-refractivity contribution < 1.29 is 19.8 Å². The van der Waals surface area contributed by atoms with Crippen LogP contribution in [0.3, 0.4) is 0 Å². The van der Waals surface area contributed by atoms with Crippen LogP contribution in [0.25, 0.3) is 0 Å². The molecule has 0 aliphatic heterocycles. The number of carbonyl (C=O) groups is 2. The molecule has 0 saturated heterocycles. The molecule has 4 aliphatic rings. The Morgan fingerprint density at radius 1 is 1.08 bits per heavy atom. The third-order valence-electron chi connectivity index (χ3n) is 8.62. The van der Waals surface area contributed by atoms with Gasteiger partial charge in [-0.15, -0.1) is 0 Å². The van der Waals surface area contributed by atoms with E-state index in [4.69, 9.17) is 0 Å². The molecule has 24 heavy (non-hydrogen) atoms. The van der Waals surface area contributed by atoms with Crippen LogP contribution in [0, 0.1) is 40.4 Å². The smallest absolute Gasteiger partial charge is 0.307 e. The summed E-state index contributed by atoms with van der Waals surface area (Å²) in [6.45, 7) is 4.35. The third-order valence-corrected chi connectivity index (χ3v) is 8.62. The summed E-state index contributed by atoms with van der Waals surface area (Å²) in [6.07, 6.45) is 6.65. The molecule has 0 aromatic heterocycles. The van der Waals surface area contributed by atoms with E-state index in [0.717, 1.165) is 44.9 Å². The van der Waals surface area contributed by atoms with Gasteiger partial charge in [0, 0.05) is 12.3 Å². The first-order valence-corrected chi connectivity index (χ1v) is 9.71. The molecule has 4 saturated carbocycles. The number of hydrogen-bond acceptors (Lipinski definition) is 3. The van der Waals surface area contributed by atoms with Crippen molar-refractivity contribution in [1.29, 1.82) is 0 Å². The summed E-state index contributed by atoms with van der Waals surface area (Å²) in [4.78, 5) is 24.9. The highest BCUT2D eigenvalue weighted by atomic mass is 16.4. The number of carbonyl (C=O) groups excluding carboxylic acids is 1. The van der Waals surface area contributed by atoms with E-state index in [1.807, 2.05) is 0 Å². The molecule has 3 unspecified atom stereocenters. The zero-order valence-corrected chi connectivity index (χ0v) is 14.8. The van der Waals surface area contributed by atoms with Crippen LogP contribution in [-0.4, -0.2) is 28.1 Å². The van der Waals surface area contributed by atoms with Gasteiger partial charge < -0.3 is 10.2 Å². The number of fused-ring (bicyclic) bond motifs is 5. The molecule has 0 amide bonds. The van der Waals surface area contributed by atoms with Gasteiger partial charge in [-0.1, -0.05) is 13.8 Å². The lowest BCUT2D eigenvalue weighted by Crippen LogP contribution is -2.58. The second-order valence-corrected chi connectivity index (χ2v) is 9.57. The number of aliphatic hydroxyl groups is 1. The fourth-order valence-electron chi connectivity index (χ4n) is 7.46. The van der Waals surface area contributed by atoms with Gasteiger partial charge in [-0.3, -0.25) is 9.59 Å². The average Bonchev–Trinajstić information content (AvgIpc) is 2.84. The van der Waals surface area contributed by atoms with Crippen molar-refractivity contribution in [1.82, 2.24) is 0 Å². The molecule has 0 bridgehead atoms. The number of Topliss-reactive ketones (excluding diaryl/α,β-unsaturated/α-hetero) is 1. The zero-order chi connectivity index (χ0) is 17.3. The summed E-state index contributed by atoms with van der Waals surface area (Å²) >= 11 is 0. The Kier molecular flexibility index (Phi) is 3.66. The van der Waals surface area contributed by atoms with Gasteiger partial charge in [0.05, 0.1) is 12.0 Å². The minimum Gasteiger partial charge on any atom is -0.481 e. The maximum Gasteiger partial charge on any atom is 0.307 e. The molecule has 2 N–H and O–H groups in total. The van der Waals surface area contributed by atoms with Gasteiger partial charge in [-0.05, 0) is 73.5 Å². The molecular formula is C20H30O4. The Balaban J connectivity index is 1.68. The van der Waals surface area contributed by atoms with Crippen molar-refractivity contribution in [3.05, 3.63) is 0 Å². The van der Waals surface area contributed by atoms with Crippen molar-refractivity contribution in [2.24, 2.45) is 40.4 Å². The highest BCUT2D eigenvalue weighted by Gasteiger charge is 2.64. The molecule has 4 rings (SSSR count). The largest absolute Gasteiger partial charge is 0.481 e. The van der Waals surface area contributed by atoms with Crippen molar-refractivity contribution in [3.63, 3.8) is 0 Å². The third kappa shape index (κ3) is 2.07. The molecule has 134 valence electrons. The predicted octanol–water partition coefficient (Wildman–Crippen LogP) is 3.27. The molecule has 4 heteroatoms. The van der Waals surface area contributed by atoms with Crippen LogP contribution < -0.4 is 0 Å². The highest BCUT2D eigenvalue weighted by Crippen LogP contribution is 2.66. The Hall–Kier alpha value is -0.900. The van der Waals surface area contributed by atoms with Gasteiger partial charge in [0.2, 0.25) is 0 Å². The number of carboxylic acids is 1. The van der Waals surface area contributed by atoms with E-state index in [2.05, 4.69) is 13.8 Å². The quantitative estimate of drug-likeness (QED) is 0.772. The van der Waals surface area contributed by atoms with Crippen LogP contribution in [0.2, 0.25) is 0 Å². The van der Waals surface area contributed by atoms with Gasteiger partial charge in [-0.25, -0.2) is 0 Å². The Labute approximate surface area is 144 Å². The van der Waals surface area contributed by atoms with E-state index in [9.17, 15) is 19.8 Å². The van der Waals surface area contributed by atoms with Gasteiger partial charge in [0.15, 0.2) is 0 Å². The maximum absolute atomic E-state index is 13.2. The van der Waals surface area contributed by atoms with Crippen LogP contribution >= 0.6 is 0 Å². The molecule has 0 aromatic carbocycles. The molecule has 0 radical (unpaired) electrons. The lowest BCUT2D eigenvalue weighted by molar-refractivity contribution is -0.165. The van der Waals surface area contributed by atoms with E-state index < -0.39 is 5.97 Å². The van der Waals surface area contributed by atoms with Gasteiger partial charge in [-0.2, -0.15) is 0 Å². The molecule has 0 spiro atoms. The van der Waals surface area contributed by atoms with Crippen molar-refractivity contribution in [2.75, 3.05) is 0 Å². The second-order valence-electron chi connectivity index (χ2n) is 9.57. The minimum atomic E-state index is -0.716. The molecule has 0 aromatic rings. The lowest BCUT2D eigenvalue weighted by atomic mass is 9.44. The van der Waals surface area contributed by atoms with E-state index >= 15 is 0 Å². The Morgan fingerprint density at radius 3 is 2.54 bits per heavy atom. The molecule has 4 aliphatic carbocycles. The SMILES string of the molecule is C[C@]12CCC(O)CC1CC[C@@H]1[C@H]2C(=O)C[C@]2(C)C(C(=O)O)CC[C@@H]12. The van der Waals surface area contributed by atoms with Crippen molar-refractivity contribution in [3.8, 4) is 0 Å². The van der Waals surface area contributed by atoms with Crippen LogP contribution in [0.15, 0.2) is 0 Å². The zero-order valence-electron chi connectivity index (χ0n) is 14.8. The van der Waals surface area contributed by atoms with Crippen LogP contribution in [0.1, 0.15) is 65.2 Å². The molecule has 4 fully saturated rings. The van der Waals surface area contributed by atoms with Gasteiger partial charge in [0.25, 0.3) is 0 Å². The summed E-state index contributed by atoms with van der Waals surface area (Å²) in [5.41, 5.74) is -0.330. The topological polar surface area (TPSA) is 74.6 Å². The summed E-state index contributed by atoms with van der Waals surface area (Å²) < 4.78 is 0. The standard InChI is InChI=1S/C20H30O4/c1-19-8-7-12(21)9-11(19)3-4-13-14-5-6-15(18(23)24)20(14,2)10-16(22)17(13)19/h11-15,17,21H,3-10H2,1-2H3,(H,23,24)/t11?,12?,13-,14-,15?,17-,19-,20-/m0/s1. The lowest BCUT2D eigenvalue weighted by Gasteiger charge is -2.59. The van der Waals surface area contributed by atoms with Gasteiger partial charge in [0.1, 0.15) is 5.78 Å². The van der Waals surface area contributed by atoms with Crippen LogP contribution in [0.4, 0.5) is 0 Å². The predicted molar refractivity (Wildman–Crippen MR) is 89.2 cm³/mol. The minimum absolute atomic E-state index is 0.0157. The number of ketones is 1. The molecular weight excluding hydrogens is 304 g/mol.